The Morgan fingerprint density at radius 1 is 1.22 bits per heavy atom. The Labute approximate surface area is 139 Å². The Morgan fingerprint density at radius 3 is 2.52 bits per heavy atom. The molecule has 0 saturated carbocycles. The summed E-state index contributed by atoms with van der Waals surface area (Å²) < 4.78 is 0. The second kappa shape index (κ2) is 7.85. The molecule has 5 nitrogen and oxygen atoms in total. The summed E-state index contributed by atoms with van der Waals surface area (Å²) in [7, 11) is 0. The SMILES string of the molecule is Nc1ccc([C@@H](O)CN(CCc2ccccc2)C(=O)O)cc1Cl. The molecule has 0 heterocycles. The van der Waals surface area contributed by atoms with Gasteiger partial charge < -0.3 is 20.8 Å². The zero-order valence-electron chi connectivity index (χ0n) is 12.5. The van der Waals surface area contributed by atoms with Gasteiger partial charge in [0.05, 0.1) is 23.4 Å². The van der Waals surface area contributed by atoms with Crippen molar-refractivity contribution in [3.05, 3.63) is 64.7 Å². The summed E-state index contributed by atoms with van der Waals surface area (Å²) in [6.45, 7) is 0.279. The fourth-order valence-electron chi connectivity index (χ4n) is 2.24. The van der Waals surface area contributed by atoms with Gasteiger partial charge in [-0.3, -0.25) is 0 Å². The summed E-state index contributed by atoms with van der Waals surface area (Å²) in [4.78, 5) is 12.6. The molecule has 6 heteroatoms. The highest BCUT2D eigenvalue weighted by atomic mass is 35.5. The second-order valence-corrected chi connectivity index (χ2v) is 5.67. The number of rotatable bonds is 6. The van der Waals surface area contributed by atoms with Crippen LogP contribution >= 0.6 is 11.6 Å². The summed E-state index contributed by atoms with van der Waals surface area (Å²) in [5.74, 6) is 0. The molecule has 0 aliphatic heterocycles. The van der Waals surface area contributed by atoms with Gasteiger partial charge in [-0.05, 0) is 29.7 Å². The van der Waals surface area contributed by atoms with E-state index in [2.05, 4.69) is 0 Å². The van der Waals surface area contributed by atoms with Crippen LogP contribution < -0.4 is 5.73 Å². The molecule has 0 bridgehead atoms. The van der Waals surface area contributed by atoms with Crippen LogP contribution in [-0.4, -0.2) is 34.3 Å². The fraction of sp³-hybridized carbons (Fsp3) is 0.235. The Kier molecular flexibility index (Phi) is 5.84. The van der Waals surface area contributed by atoms with Crippen molar-refractivity contribution in [1.82, 2.24) is 4.90 Å². The third-order valence-electron chi connectivity index (χ3n) is 3.59. The smallest absolute Gasteiger partial charge is 0.407 e. The predicted molar refractivity (Wildman–Crippen MR) is 90.6 cm³/mol. The number of aliphatic hydroxyl groups is 1. The van der Waals surface area contributed by atoms with Crippen LogP contribution in [0, 0.1) is 0 Å². The van der Waals surface area contributed by atoms with Crippen LogP contribution in [0.1, 0.15) is 17.2 Å². The molecular weight excluding hydrogens is 316 g/mol. The molecule has 2 rings (SSSR count). The van der Waals surface area contributed by atoms with E-state index in [-0.39, 0.29) is 6.54 Å². The van der Waals surface area contributed by atoms with Gasteiger partial charge in [-0.2, -0.15) is 0 Å². The third-order valence-corrected chi connectivity index (χ3v) is 3.91. The Hall–Kier alpha value is -2.24. The number of nitrogens with two attached hydrogens (primary N) is 1. The molecule has 0 aliphatic rings. The molecule has 23 heavy (non-hydrogen) atoms. The van der Waals surface area contributed by atoms with E-state index in [9.17, 15) is 15.0 Å². The van der Waals surface area contributed by atoms with E-state index < -0.39 is 12.2 Å². The molecule has 0 fully saturated rings. The van der Waals surface area contributed by atoms with Crippen molar-refractivity contribution in [2.24, 2.45) is 0 Å². The minimum absolute atomic E-state index is 0.0254. The molecular formula is C17H19ClN2O3. The molecule has 0 aliphatic carbocycles. The highest BCUT2D eigenvalue weighted by Crippen LogP contribution is 2.24. The maximum Gasteiger partial charge on any atom is 0.407 e. The lowest BCUT2D eigenvalue weighted by molar-refractivity contribution is 0.0973. The molecule has 0 saturated heterocycles. The summed E-state index contributed by atoms with van der Waals surface area (Å²) in [6, 6.07) is 14.4. The minimum Gasteiger partial charge on any atom is -0.465 e. The zero-order valence-corrected chi connectivity index (χ0v) is 13.3. The number of hydrogen-bond donors (Lipinski definition) is 3. The third kappa shape index (κ3) is 4.87. The highest BCUT2D eigenvalue weighted by Gasteiger charge is 2.18. The van der Waals surface area contributed by atoms with E-state index in [0.29, 0.717) is 29.2 Å². The lowest BCUT2D eigenvalue weighted by Gasteiger charge is -2.23. The van der Waals surface area contributed by atoms with Gasteiger partial charge in [-0.1, -0.05) is 48.0 Å². The molecule has 0 spiro atoms. The zero-order chi connectivity index (χ0) is 16.8. The minimum atomic E-state index is -1.07. The van der Waals surface area contributed by atoms with Gasteiger partial charge in [0, 0.05) is 6.54 Å². The number of nitrogens with zero attached hydrogens (tertiary/aromatic N) is 1. The van der Waals surface area contributed by atoms with Gasteiger partial charge in [-0.25, -0.2) is 4.79 Å². The lowest BCUT2D eigenvalue weighted by atomic mass is 10.1. The summed E-state index contributed by atoms with van der Waals surface area (Å²) in [5, 5.41) is 19.9. The second-order valence-electron chi connectivity index (χ2n) is 5.26. The topological polar surface area (TPSA) is 86.8 Å². The number of hydrogen-bond acceptors (Lipinski definition) is 3. The van der Waals surface area contributed by atoms with Crippen LogP contribution in [0.25, 0.3) is 0 Å². The first kappa shape index (κ1) is 17.1. The maximum atomic E-state index is 11.4. The molecule has 122 valence electrons. The van der Waals surface area contributed by atoms with Gasteiger partial charge in [0.2, 0.25) is 0 Å². The largest absolute Gasteiger partial charge is 0.465 e. The van der Waals surface area contributed by atoms with E-state index >= 15 is 0 Å². The van der Waals surface area contributed by atoms with E-state index in [1.807, 2.05) is 30.3 Å². The number of benzene rings is 2. The molecule has 2 aromatic carbocycles. The van der Waals surface area contributed by atoms with E-state index in [1.165, 1.54) is 4.90 Å². The van der Waals surface area contributed by atoms with Crippen molar-refractivity contribution < 1.29 is 15.0 Å². The first-order chi connectivity index (χ1) is 11.0. The number of aliphatic hydroxyl groups excluding tert-OH is 1. The van der Waals surface area contributed by atoms with E-state index in [1.54, 1.807) is 18.2 Å². The van der Waals surface area contributed by atoms with Crippen LogP contribution in [0.5, 0.6) is 0 Å². The van der Waals surface area contributed by atoms with Gasteiger partial charge >= 0.3 is 6.09 Å². The Balaban J connectivity index is 2.00. The number of carbonyl (C=O) groups is 1. The monoisotopic (exact) mass is 334 g/mol. The van der Waals surface area contributed by atoms with Gasteiger partial charge in [0.15, 0.2) is 0 Å². The van der Waals surface area contributed by atoms with Crippen LogP contribution in [-0.2, 0) is 6.42 Å². The van der Waals surface area contributed by atoms with Crippen LogP contribution in [0.3, 0.4) is 0 Å². The van der Waals surface area contributed by atoms with Gasteiger partial charge in [-0.15, -0.1) is 0 Å². The van der Waals surface area contributed by atoms with Crippen LogP contribution in [0.4, 0.5) is 10.5 Å². The standard InChI is InChI=1S/C17H19ClN2O3/c18-14-10-13(6-7-15(14)19)16(21)11-20(17(22)23)9-8-12-4-2-1-3-5-12/h1-7,10,16,21H,8-9,11,19H2,(H,22,23)/t16-/m0/s1. The number of amides is 1. The van der Waals surface area contributed by atoms with Crippen LogP contribution in [0.2, 0.25) is 5.02 Å². The Bertz CT molecular complexity index is 664. The van der Waals surface area contributed by atoms with Crippen molar-refractivity contribution >= 4 is 23.4 Å². The van der Waals surface area contributed by atoms with Crippen molar-refractivity contribution in [3.8, 4) is 0 Å². The van der Waals surface area contributed by atoms with Crippen molar-refractivity contribution in [2.45, 2.75) is 12.5 Å². The number of halogens is 1. The first-order valence-corrected chi connectivity index (χ1v) is 7.60. The molecule has 4 N–H and O–H groups in total. The number of carboxylic acid groups (broad SMARTS) is 1. The van der Waals surface area contributed by atoms with E-state index in [4.69, 9.17) is 17.3 Å². The molecule has 0 radical (unpaired) electrons. The molecule has 1 amide bonds. The molecule has 0 unspecified atom stereocenters. The van der Waals surface area contributed by atoms with Gasteiger partial charge in [0.25, 0.3) is 0 Å². The number of anilines is 1. The predicted octanol–water partition coefficient (Wildman–Crippen LogP) is 3.18. The van der Waals surface area contributed by atoms with Crippen molar-refractivity contribution in [3.63, 3.8) is 0 Å². The first-order valence-electron chi connectivity index (χ1n) is 7.22. The summed E-state index contributed by atoms with van der Waals surface area (Å²) in [6.07, 6.45) is -1.44. The summed E-state index contributed by atoms with van der Waals surface area (Å²) in [5.41, 5.74) is 7.63. The normalized spacial score (nSPS) is 11.9. The fourth-order valence-corrected chi connectivity index (χ4v) is 2.43. The van der Waals surface area contributed by atoms with Gasteiger partial charge in [0.1, 0.15) is 0 Å². The average molecular weight is 335 g/mol. The lowest BCUT2D eigenvalue weighted by Crippen LogP contribution is -2.35. The maximum absolute atomic E-state index is 11.4. The average Bonchev–Trinajstić information content (AvgIpc) is 2.54. The molecule has 0 aromatic heterocycles. The van der Waals surface area contributed by atoms with Crippen LogP contribution in [0.15, 0.2) is 48.5 Å². The number of nitrogen functional groups attached to an aromatic ring is 1. The molecule has 1 atom stereocenters. The quantitative estimate of drug-likeness (QED) is 0.708. The van der Waals surface area contributed by atoms with Crippen molar-refractivity contribution in [2.75, 3.05) is 18.8 Å². The van der Waals surface area contributed by atoms with E-state index in [0.717, 1.165) is 5.56 Å². The van der Waals surface area contributed by atoms with Crippen molar-refractivity contribution in [1.29, 1.82) is 0 Å². The molecule has 2 aromatic rings. The Morgan fingerprint density at radius 2 is 1.91 bits per heavy atom. The highest BCUT2D eigenvalue weighted by molar-refractivity contribution is 6.33. The summed E-state index contributed by atoms with van der Waals surface area (Å²) >= 11 is 5.93.